The van der Waals surface area contributed by atoms with E-state index in [1.807, 2.05) is 45.0 Å². The molecule has 1 aromatic heterocycles. The number of benzene rings is 3. The van der Waals surface area contributed by atoms with Crippen molar-refractivity contribution in [3.63, 3.8) is 0 Å². The van der Waals surface area contributed by atoms with Gasteiger partial charge in [-0.25, -0.2) is 4.98 Å². The largest absolute Gasteiger partial charge is 0.329 e. The van der Waals surface area contributed by atoms with Crippen LogP contribution in [0.1, 0.15) is 48.1 Å². The molecule has 1 heterocycles. The van der Waals surface area contributed by atoms with Crippen LogP contribution in [0.15, 0.2) is 65.5 Å². The summed E-state index contributed by atoms with van der Waals surface area (Å²) >= 11 is 18.4. The summed E-state index contributed by atoms with van der Waals surface area (Å²) in [7, 11) is 0. The van der Waals surface area contributed by atoms with Crippen LogP contribution in [-0.2, 0) is 0 Å². The lowest BCUT2D eigenvalue weighted by molar-refractivity contribution is 0.0681. The summed E-state index contributed by atoms with van der Waals surface area (Å²) < 4.78 is 1.57. The van der Waals surface area contributed by atoms with Crippen LogP contribution in [0, 0.1) is 6.92 Å². The second-order valence-corrected chi connectivity index (χ2v) is 9.66. The minimum absolute atomic E-state index is 0.226. The molecule has 1 amide bonds. The van der Waals surface area contributed by atoms with E-state index in [0.29, 0.717) is 56.0 Å². The molecule has 0 saturated heterocycles. The van der Waals surface area contributed by atoms with Gasteiger partial charge >= 0.3 is 0 Å². The van der Waals surface area contributed by atoms with Crippen LogP contribution in [0.5, 0.6) is 0 Å². The second-order valence-electron chi connectivity index (χ2n) is 8.41. The molecule has 3 aromatic carbocycles. The van der Waals surface area contributed by atoms with E-state index in [1.165, 1.54) is 0 Å². The molecule has 4 rings (SSSR count). The van der Waals surface area contributed by atoms with Crippen molar-refractivity contribution in [2.45, 2.75) is 33.2 Å². The molecule has 0 saturated carbocycles. The third-order valence-corrected chi connectivity index (χ3v) is 6.86. The van der Waals surface area contributed by atoms with E-state index in [9.17, 15) is 9.59 Å². The third kappa shape index (κ3) is 5.08. The lowest BCUT2D eigenvalue weighted by Crippen LogP contribution is -2.38. The fraction of sp³-hybridized carbons (Fsp3) is 0.222. The normalized spacial score (nSPS) is 12.1. The van der Waals surface area contributed by atoms with E-state index in [2.05, 4.69) is 0 Å². The number of fused-ring (bicyclic) bond motifs is 1. The average molecular weight is 529 g/mol. The van der Waals surface area contributed by atoms with Crippen molar-refractivity contribution in [3.05, 3.63) is 103 Å². The number of hydrogen-bond donors (Lipinski definition) is 0. The molecule has 0 aliphatic carbocycles. The number of aryl methyl sites for hydroxylation is 1. The Morgan fingerprint density at radius 2 is 1.71 bits per heavy atom. The molecule has 8 heteroatoms. The van der Waals surface area contributed by atoms with Gasteiger partial charge in [0.05, 0.1) is 32.7 Å². The molecule has 35 heavy (non-hydrogen) atoms. The number of amides is 1. The molecule has 0 aliphatic rings. The molecule has 1 unspecified atom stereocenters. The van der Waals surface area contributed by atoms with Crippen molar-refractivity contribution in [1.82, 2.24) is 14.5 Å². The molecule has 4 aromatic rings. The summed E-state index contributed by atoms with van der Waals surface area (Å²) in [6.07, 6.45) is 0.714. The summed E-state index contributed by atoms with van der Waals surface area (Å²) in [5.74, 6) is 0.212. The number of aromatic nitrogens is 2. The maximum absolute atomic E-state index is 13.7. The van der Waals surface area contributed by atoms with E-state index in [1.54, 1.807) is 45.9 Å². The van der Waals surface area contributed by atoms with Gasteiger partial charge in [0.25, 0.3) is 11.5 Å². The van der Waals surface area contributed by atoms with Gasteiger partial charge in [-0.05, 0) is 68.8 Å². The lowest BCUT2D eigenvalue weighted by Gasteiger charge is -2.30. The zero-order valence-corrected chi connectivity index (χ0v) is 21.8. The van der Waals surface area contributed by atoms with Crippen LogP contribution in [0.3, 0.4) is 0 Å². The number of hydrogen-bond acceptors (Lipinski definition) is 3. The predicted molar refractivity (Wildman–Crippen MR) is 143 cm³/mol. The topological polar surface area (TPSA) is 55.2 Å². The summed E-state index contributed by atoms with van der Waals surface area (Å²) in [5.41, 5.74) is 2.40. The minimum Gasteiger partial charge on any atom is -0.329 e. The van der Waals surface area contributed by atoms with Crippen molar-refractivity contribution >= 4 is 51.6 Å². The number of rotatable bonds is 6. The first-order chi connectivity index (χ1) is 16.7. The molecular weight excluding hydrogens is 505 g/mol. The number of halogens is 3. The third-order valence-electron chi connectivity index (χ3n) is 5.88. The first-order valence-electron chi connectivity index (χ1n) is 11.3. The molecular formula is C27H24Cl3N3O2. The minimum atomic E-state index is -0.533. The Hall–Kier alpha value is -2.86. The average Bonchev–Trinajstić information content (AvgIpc) is 2.84. The Kier molecular flexibility index (Phi) is 7.50. The van der Waals surface area contributed by atoms with Crippen LogP contribution < -0.4 is 5.56 Å². The molecule has 0 fully saturated rings. The Bertz CT molecular complexity index is 1470. The van der Waals surface area contributed by atoms with Crippen LogP contribution in [0.4, 0.5) is 0 Å². The molecule has 0 bridgehead atoms. The van der Waals surface area contributed by atoms with Crippen LogP contribution in [-0.4, -0.2) is 26.9 Å². The van der Waals surface area contributed by atoms with E-state index >= 15 is 0 Å². The Labute approximate surface area is 218 Å². The fourth-order valence-corrected chi connectivity index (χ4v) is 4.51. The van der Waals surface area contributed by atoms with E-state index in [0.717, 1.165) is 5.56 Å². The zero-order chi connectivity index (χ0) is 25.3. The van der Waals surface area contributed by atoms with E-state index in [4.69, 9.17) is 39.8 Å². The quantitative estimate of drug-likeness (QED) is 0.264. The Balaban J connectivity index is 1.91. The number of carbonyl (C=O) groups is 1. The maximum Gasteiger partial charge on any atom is 0.266 e. The highest BCUT2D eigenvalue weighted by atomic mass is 35.5. The summed E-state index contributed by atoms with van der Waals surface area (Å²) in [5, 5.41) is 1.61. The highest BCUT2D eigenvalue weighted by molar-refractivity contribution is 6.42. The van der Waals surface area contributed by atoms with E-state index in [-0.39, 0.29) is 11.5 Å². The van der Waals surface area contributed by atoms with Gasteiger partial charge in [0.15, 0.2) is 0 Å². The first-order valence-corrected chi connectivity index (χ1v) is 12.4. The number of carbonyl (C=O) groups excluding carboxylic acids is 1. The zero-order valence-electron chi connectivity index (χ0n) is 19.6. The van der Waals surface area contributed by atoms with Crippen LogP contribution in [0.25, 0.3) is 16.6 Å². The maximum atomic E-state index is 13.7. The highest BCUT2D eigenvalue weighted by Gasteiger charge is 2.27. The number of nitrogens with zero attached hydrogens (tertiary/aromatic N) is 3. The summed E-state index contributed by atoms with van der Waals surface area (Å²) in [6, 6.07) is 16.9. The van der Waals surface area contributed by atoms with Gasteiger partial charge in [-0.1, -0.05) is 59.4 Å². The molecule has 1 atom stereocenters. The van der Waals surface area contributed by atoms with Crippen molar-refractivity contribution in [2.75, 3.05) is 6.54 Å². The molecule has 0 radical (unpaired) electrons. The lowest BCUT2D eigenvalue weighted by atomic mass is 10.1. The highest BCUT2D eigenvalue weighted by Crippen LogP contribution is 2.28. The fourth-order valence-electron chi connectivity index (χ4n) is 4.05. The molecule has 180 valence electrons. The van der Waals surface area contributed by atoms with Gasteiger partial charge in [0.2, 0.25) is 0 Å². The first kappa shape index (κ1) is 25.2. The summed E-state index contributed by atoms with van der Waals surface area (Å²) in [4.78, 5) is 33.8. The molecule has 0 aliphatic heterocycles. The van der Waals surface area contributed by atoms with Gasteiger partial charge in [-0.2, -0.15) is 0 Å². The monoisotopic (exact) mass is 527 g/mol. The van der Waals surface area contributed by atoms with Gasteiger partial charge in [0, 0.05) is 17.1 Å². The van der Waals surface area contributed by atoms with Crippen molar-refractivity contribution < 1.29 is 4.79 Å². The van der Waals surface area contributed by atoms with Crippen LogP contribution in [0.2, 0.25) is 15.1 Å². The molecule has 0 spiro atoms. The van der Waals surface area contributed by atoms with Crippen molar-refractivity contribution in [1.29, 1.82) is 0 Å². The SMILES string of the molecule is CCCN(C(=O)c1ccc(Cl)c(Cl)c1)C(C)c1nc2cc(Cl)ccc2c(=O)n1-c1ccc(C)cc1. The standard InChI is InChI=1S/C27H24Cl3N3O2/c1-4-13-32(26(34)18-7-12-22(29)23(30)14-18)17(3)25-31-24-15-19(28)8-11-21(24)27(35)33(25)20-9-5-16(2)6-10-20/h5-12,14-15,17H,4,13H2,1-3H3. The van der Waals surface area contributed by atoms with Gasteiger partial charge < -0.3 is 4.90 Å². The second kappa shape index (κ2) is 10.4. The Morgan fingerprint density at radius 3 is 2.37 bits per heavy atom. The Morgan fingerprint density at radius 1 is 1.00 bits per heavy atom. The van der Waals surface area contributed by atoms with Gasteiger partial charge in [-0.15, -0.1) is 0 Å². The predicted octanol–water partition coefficient (Wildman–Crippen LogP) is 7.27. The molecule has 5 nitrogen and oxygen atoms in total. The van der Waals surface area contributed by atoms with E-state index < -0.39 is 6.04 Å². The van der Waals surface area contributed by atoms with Gasteiger partial charge in [0.1, 0.15) is 5.82 Å². The summed E-state index contributed by atoms with van der Waals surface area (Å²) in [6.45, 7) is 6.30. The van der Waals surface area contributed by atoms with Crippen molar-refractivity contribution in [3.8, 4) is 5.69 Å². The van der Waals surface area contributed by atoms with Gasteiger partial charge in [-0.3, -0.25) is 14.2 Å². The van der Waals surface area contributed by atoms with Crippen LogP contribution >= 0.6 is 34.8 Å². The molecule has 0 N–H and O–H groups in total. The smallest absolute Gasteiger partial charge is 0.266 e. The van der Waals surface area contributed by atoms with Crippen molar-refractivity contribution in [2.24, 2.45) is 0 Å².